The van der Waals surface area contributed by atoms with E-state index < -0.39 is 6.09 Å². The lowest BCUT2D eigenvalue weighted by Gasteiger charge is -2.14. The first-order valence-corrected chi connectivity index (χ1v) is 16.1. The zero-order valence-electron chi connectivity index (χ0n) is 23.2. The highest BCUT2D eigenvalue weighted by Gasteiger charge is 2.28. The van der Waals surface area contributed by atoms with Crippen molar-refractivity contribution in [2.24, 2.45) is 4.99 Å². The van der Waals surface area contributed by atoms with E-state index in [-0.39, 0.29) is 5.92 Å². The molecule has 0 aromatic heterocycles. The molecule has 5 rings (SSSR count). The maximum absolute atomic E-state index is 12.4. The number of nitriles is 1. The van der Waals surface area contributed by atoms with Gasteiger partial charge in [-0.2, -0.15) is 5.26 Å². The van der Waals surface area contributed by atoms with Gasteiger partial charge in [0, 0.05) is 22.2 Å². The zero-order valence-corrected chi connectivity index (χ0v) is 25.7. The van der Waals surface area contributed by atoms with Crippen molar-refractivity contribution < 1.29 is 9.53 Å². The first kappa shape index (κ1) is 32.3. The molecule has 214 valence electrons. The SMILES string of the molecule is C=N.CSSC(C)=Nc1ccc(NC(=O)OCC2c3ccccc3-c3ccccc32)cc1.N#CSc1ccc(N)cc1. The van der Waals surface area contributed by atoms with Crippen LogP contribution in [0.2, 0.25) is 0 Å². The molecule has 42 heavy (non-hydrogen) atoms. The van der Waals surface area contributed by atoms with Crippen LogP contribution in [0.25, 0.3) is 11.1 Å². The van der Waals surface area contributed by atoms with E-state index in [0.29, 0.717) is 12.3 Å². The van der Waals surface area contributed by atoms with Gasteiger partial charge in [0.25, 0.3) is 0 Å². The van der Waals surface area contributed by atoms with E-state index in [1.807, 2.05) is 79.2 Å². The maximum Gasteiger partial charge on any atom is 0.411 e. The van der Waals surface area contributed by atoms with Gasteiger partial charge in [-0.25, -0.2) is 9.79 Å². The number of nitrogen functional groups attached to an aromatic ring is 1. The van der Waals surface area contributed by atoms with Crippen LogP contribution in [0.3, 0.4) is 0 Å². The predicted molar refractivity (Wildman–Crippen MR) is 181 cm³/mol. The second-order valence-corrected chi connectivity index (χ2v) is 12.1. The molecule has 0 aliphatic heterocycles. The number of carbonyl (C=O) groups is 1. The van der Waals surface area contributed by atoms with Gasteiger partial charge in [-0.15, -0.1) is 0 Å². The molecule has 1 aliphatic carbocycles. The van der Waals surface area contributed by atoms with Crippen molar-refractivity contribution in [2.75, 3.05) is 23.9 Å². The molecule has 4 aromatic carbocycles. The largest absolute Gasteiger partial charge is 0.448 e. The zero-order chi connectivity index (χ0) is 30.3. The lowest BCUT2D eigenvalue weighted by molar-refractivity contribution is 0.158. The summed E-state index contributed by atoms with van der Waals surface area (Å²) < 4.78 is 5.59. The summed E-state index contributed by atoms with van der Waals surface area (Å²) in [6.45, 7) is 4.78. The number of rotatable bonds is 6. The van der Waals surface area contributed by atoms with Gasteiger partial charge in [0.15, 0.2) is 0 Å². The van der Waals surface area contributed by atoms with Crippen molar-refractivity contribution >= 4 is 68.3 Å². The Hall–Kier alpha value is -4.17. The molecule has 0 spiro atoms. The fraction of sp³-hybridized carbons (Fsp3) is 0.125. The van der Waals surface area contributed by atoms with Crippen LogP contribution < -0.4 is 11.1 Å². The summed E-state index contributed by atoms with van der Waals surface area (Å²) >= 11 is 1.13. The molecule has 0 unspecified atom stereocenters. The van der Waals surface area contributed by atoms with Gasteiger partial charge < -0.3 is 15.9 Å². The van der Waals surface area contributed by atoms with Gasteiger partial charge in [-0.05, 0) is 113 Å². The second kappa shape index (κ2) is 16.9. The third-order valence-corrected chi connectivity index (χ3v) is 8.31. The Kier molecular flexibility index (Phi) is 13.0. The Labute approximate surface area is 258 Å². The highest BCUT2D eigenvalue weighted by Crippen LogP contribution is 2.44. The number of hydrogen-bond donors (Lipinski definition) is 3. The topological polar surface area (TPSA) is 124 Å². The predicted octanol–water partition coefficient (Wildman–Crippen LogP) is 9.22. The van der Waals surface area contributed by atoms with Crippen molar-refractivity contribution in [3.63, 3.8) is 0 Å². The van der Waals surface area contributed by atoms with Gasteiger partial charge in [0.05, 0.1) is 10.7 Å². The summed E-state index contributed by atoms with van der Waals surface area (Å²) in [5.41, 5.74) is 12.5. The Morgan fingerprint density at radius 2 is 1.55 bits per heavy atom. The number of thioether (sulfide) groups is 1. The maximum atomic E-state index is 12.4. The molecule has 10 heteroatoms. The number of amides is 1. The molecule has 0 bridgehead atoms. The number of nitrogens with one attached hydrogen (secondary N) is 2. The molecule has 7 nitrogen and oxygen atoms in total. The Bertz CT molecular complexity index is 1490. The highest BCUT2D eigenvalue weighted by atomic mass is 33.1. The molecular formula is C32H31N5O2S3. The van der Waals surface area contributed by atoms with E-state index in [9.17, 15) is 4.79 Å². The number of carbonyl (C=O) groups excluding carboxylic acids is 1. The van der Waals surface area contributed by atoms with E-state index in [1.54, 1.807) is 33.7 Å². The number of aliphatic imine (C=N–C) groups is 1. The van der Waals surface area contributed by atoms with Crippen LogP contribution in [-0.2, 0) is 4.74 Å². The number of fused-ring (bicyclic) bond motifs is 3. The average Bonchev–Trinajstić information content (AvgIpc) is 3.33. The molecule has 0 saturated heterocycles. The van der Waals surface area contributed by atoms with Crippen LogP contribution >= 0.6 is 33.3 Å². The van der Waals surface area contributed by atoms with Gasteiger partial charge in [0.1, 0.15) is 12.0 Å². The van der Waals surface area contributed by atoms with Gasteiger partial charge in [-0.1, -0.05) is 59.3 Å². The quantitative estimate of drug-likeness (QED) is 0.0494. The molecule has 0 saturated carbocycles. The fourth-order valence-electron chi connectivity index (χ4n) is 4.28. The van der Waals surface area contributed by atoms with Crippen molar-refractivity contribution in [2.45, 2.75) is 17.7 Å². The molecule has 1 aliphatic rings. The molecule has 0 atom stereocenters. The summed E-state index contributed by atoms with van der Waals surface area (Å²) in [7, 11) is 3.29. The number of hydrogen-bond acceptors (Lipinski definition) is 9. The monoisotopic (exact) mass is 613 g/mol. The van der Waals surface area contributed by atoms with Crippen LogP contribution in [0.15, 0.2) is 107 Å². The molecule has 1 amide bonds. The number of nitrogens with zero attached hydrogens (tertiary/aromatic N) is 2. The minimum Gasteiger partial charge on any atom is -0.448 e. The number of thiocyanates is 1. The van der Waals surface area contributed by atoms with E-state index in [0.717, 1.165) is 33.1 Å². The highest BCUT2D eigenvalue weighted by molar-refractivity contribution is 8.82. The van der Waals surface area contributed by atoms with Crippen LogP contribution in [-0.4, -0.2) is 30.7 Å². The lowest BCUT2D eigenvalue weighted by atomic mass is 9.98. The summed E-state index contributed by atoms with van der Waals surface area (Å²) in [5, 5.41) is 19.5. The minimum atomic E-state index is -0.456. The molecule has 4 N–H and O–H groups in total. The van der Waals surface area contributed by atoms with Gasteiger partial charge in [-0.3, -0.25) is 5.32 Å². The lowest BCUT2D eigenvalue weighted by Crippen LogP contribution is -2.17. The van der Waals surface area contributed by atoms with Gasteiger partial charge >= 0.3 is 6.09 Å². The molecule has 0 heterocycles. The molecule has 0 radical (unpaired) electrons. The Morgan fingerprint density at radius 3 is 2.10 bits per heavy atom. The number of nitrogens with two attached hydrogens (primary N) is 1. The van der Waals surface area contributed by atoms with Crippen LogP contribution in [0, 0.1) is 16.1 Å². The van der Waals surface area contributed by atoms with E-state index in [4.69, 9.17) is 21.1 Å². The first-order valence-electron chi connectivity index (χ1n) is 12.7. The summed E-state index contributed by atoms with van der Waals surface area (Å²) in [6, 6.07) is 31.2. The van der Waals surface area contributed by atoms with Gasteiger partial charge in [0.2, 0.25) is 0 Å². The van der Waals surface area contributed by atoms with E-state index >= 15 is 0 Å². The van der Waals surface area contributed by atoms with E-state index in [1.165, 1.54) is 22.3 Å². The fourth-order valence-corrected chi connectivity index (χ4v) is 5.88. The first-order chi connectivity index (χ1) is 20.5. The summed E-state index contributed by atoms with van der Waals surface area (Å²) in [6.07, 6.45) is 1.56. The van der Waals surface area contributed by atoms with Crippen LogP contribution in [0.1, 0.15) is 24.0 Å². The molecule has 0 fully saturated rings. The normalized spacial score (nSPS) is 11.4. The number of benzene rings is 4. The smallest absolute Gasteiger partial charge is 0.411 e. The molecule has 4 aromatic rings. The second-order valence-electron chi connectivity index (χ2n) is 8.64. The number of ether oxygens (including phenoxy) is 1. The van der Waals surface area contributed by atoms with Crippen molar-refractivity contribution in [1.82, 2.24) is 0 Å². The third kappa shape index (κ3) is 9.17. The van der Waals surface area contributed by atoms with Crippen LogP contribution in [0.5, 0.6) is 0 Å². The third-order valence-electron chi connectivity index (χ3n) is 5.99. The Morgan fingerprint density at radius 1 is 0.976 bits per heavy atom. The van der Waals surface area contributed by atoms with Crippen molar-refractivity contribution in [1.29, 1.82) is 10.7 Å². The van der Waals surface area contributed by atoms with E-state index in [2.05, 4.69) is 41.3 Å². The minimum absolute atomic E-state index is 0.0526. The molecular weight excluding hydrogens is 583 g/mol. The number of anilines is 2. The summed E-state index contributed by atoms with van der Waals surface area (Å²) in [4.78, 5) is 17.8. The van der Waals surface area contributed by atoms with Crippen LogP contribution in [0.4, 0.5) is 21.9 Å². The standard InChI is InChI=1S/C24H22N2O2S2.C7H6N2S.CH3N/c1-16(30-29-2)25-17-11-13-18(14-12-17)26-24(27)28-15-23-21-9-5-3-7-19(21)20-8-4-6-10-22(20)23;8-5-10-7-3-1-6(9)2-4-7;1-2/h3-14,23H,15H2,1-2H3,(H,26,27);1-4H,9H2;2H,1H2. The Balaban J connectivity index is 0.000000340. The average molecular weight is 614 g/mol. The van der Waals surface area contributed by atoms with Crippen molar-refractivity contribution in [3.05, 3.63) is 108 Å². The van der Waals surface area contributed by atoms with Crippen molar-refractivity contribution in [3.8, 4) is 16.5 Å². The summed E-state index contributed by atoms with van der Waals surface area (Å²) in [5.74, 6) is 0.0526.